The smallest absolute Gasteiger partial charge is 0.328 e. The maximum absolute atomic E-state index is 12.3. The summed E-state index contributed by atoms with van der Waals surface area (Å²) in [4.78, 5) is 25.4. The number of rotatable bonds is 6. The van der Waals surface area contributed by atoms with E-state index in [9.17, 15) is 9.59 Å². The van der Waals surface area contributed by atoms with Crippen molar-refractivity contribution in [2.24, 2.45) is 0 Å². The molecule has 1 unspecified atom stereocenters. The molecular weight excluding hydrogens is 262 g/mol. The highest BCUT2D eigenvalue weighted by Crippen LogP contribution is 2.19. The van der Waals surface area contributed by atoms with Crippen LogP contribution in [0.4, 0.5) is 0 Å². The summed E-state index contributed by atoms with van der Waals surface area (Å²) in [7, 11) is 0. The molecule has 1 rings (SSSR count). The first-order chi connectivity index (χ1) is 8.99. The summed E-state index contributed by atoms with van der Waals surface area (Å²) >= 11 is 1.37. The number of carboxylic acids is 1. The minimum absolute atomic E-state index is 0.00285. The fourth-order valence-corrected chi connectivity index (χ4v) is 2.52. The van der Waals surface area contributed by atoms with Gasteiger partial charge in [-0.25, -0.2) is 4.79 Å². The van der Waals surface area contributed by atoms with Crippen LogP contribution in [0, 0.1) is 0 Å². The first-order valence-corrected chi connectivity index (χ1v) is 7.18. The monoisotopic (exact) mass is 281 g/mol. The Labute approximate surface area is 117 Å². The van der Waals surface area contributed by atoms with Gasteiger partial charge in [0.25, 0.3) is 5.91 Å². The Morgan fingerprint density at radius 2 is 2.16 bits per heavy atom. The lowest BCUT2D eigenvalue weighted by molar-refractivity contribution is -0.131. The third-order valence-corrected chi connectivity index (χ3v) is 3.88. The first-order valence-electron chi connectivity index (χ1n) is 6.30. The second-order valence-electron chi connectivity index (χ2n) is 4.26. The molecule has 4 nitrogen and oxygen atoms in total. The van der Waals surface area contributed by atoms with E-state index in [1.807, 2.05) is 18.7 Å². The van der Waals surface area contributed by atoms with Crippen LogP contribution in [-0.4, -0.2) is 34.5 Å². The molecule has 0 aliphatic rings. The molecule has 5 heteroatoms. The zero-order chi connectivity index (χ0) is 14.4. The molecular formula is C14H19NO3S. The van der Waals surface area contributed by atoms with Crippen LogP contribution < -0.4 is 0 Å². The van der Waals surface area contributed by atoms with E-state index in [1.165, 1.54) is 17.4 Å². The highest BCUT2D eigenvalue weighted by molar-refractivity contribution is 7.11. The fourth-order valence-electron chi connectivity index (χ4n) is 1.75. The molecule has 0 saturated heterocycles. The van der Waals surface area contributed by atoms with Gasteiger partial charge in [0.15, 0.2) is 0 Å². The van der Waals surface area contributed by atoms with E-state index in [-0.39, 0.29) is 11.9 Å². The maximum Gasteiger partial charge on any atom is 0.328 e. The third kappa shape index (κ3) is 4.21. The van der Waals surface area contributed by atoms with Crippen LogP contribution in [0.3, 0.4) is 0 Å². The Bertz CT molecular complexity index is 479. The summed E-state index contributed by atoms with van der Waals surface area (Å²) in [5.41, 5.74) is 0.622. The summed E-state index contributed by atoms with van der Waals surface area (Å²) in [6, 6.07) is 1.94. The van der Waals surface area contributed by atoms with E-state index in [0.717, 1.165) is 17.4 Å². The van der Waals surface area contributed by atoms with E-state index >= 15 is 0 Å². The quantitative estimate of drug-likeness (QED) is 0.815. The molecule has 1 heterocycles. The Morgan fingerprint density at radius 3 is 2.68 bits per heavy atom. The van der Waals surface area contributed by atoms with Crippen molar-refractivity contribution in [3.63, 3.8) is 0 Å². The molecule has 0 saturated carbocycles. The zero-order valence-electron chi connectivity index (χ0n) is 11.4. The Hall–Kier alpha value is -1.62. The number of carbonyl (C=O) groups excluding carboxylic acids is 1. The number of hydrogen-bond acceptors (Lipinski definition) is 3. The number of carbonyl (C=O) groups is 2. The lowest BCUT2D eigenvalue weighted by Crippen LogP contribution is -2.37. The highest BCUT2D eigenvalue weighted by Gasteiger charge is 2.19. The lowest BCUT2D eigenvalue weighted by Gasteiger charge is -2.26. The number of thiophene rings is 1. The molecule has 0 aliphatic heterocycles. The van der Waals surface area contributed by atoms with Crippen molar-refractivity contribution in [2.75, 3.05) is 6.54 Å². The first kappa shape index (κ1) is 15.4. The Kier molecular flexibility index (Phi) is 5.76. The minimum Gasteiger partial charge on any atom is -0.478 e. The molecule has 104 valence electrons. The van der Waals surface area contributed by atoms with Gasteiger partial charge in [0.05, 0.1) is 5.56 Å². The van der Waals surface area contributed by atoms with Gasteiger partial charge in [0.1, 0.15) is 0 Å². The van der Waals surface area contributed by atoms with E-state index < -0.39 is 5.97 Å². The van der Waals surface area contributed by atoms with Crippen LogP contribution in [0.25, 0.3) is 6.08 Å². The van der Waals surface area contributed by atoms with Gasteiger partial charge in [-0.15, -0.1) is 11.3 Å². The van der Waals surface area contributed by atoms with Crippen molar-refractivity contribution >= 4 is 29.3 Å². The van der Waals surface area contributed by atoms with Gasteiger partial charge in [0.2, 0.25) is 0 Å². The topological polar surface area (TPSA) is 57.6 Å². The van der Waals surface area contributed by atoms with Crippen molar-refractivity contribution in [3.05, 3.63) is 28.0 Å². The molecule has 1 amide bonds. The Morgan fingerprint density at radius 1 is 1.47 bits per heavy atom. The SMILES string of the molecule is CCC(C)N(CC)C(=O)c1csc(C=CC(=O)O)c1. The second kappa shape index (κ2) is 7.09. The highest BCUT2D eigenvalue weighted by atomic mass is 32.1. The van der Waals surface area contributed by atoms with Gasteiger partial charge in [0, 0.05) is 28.9 Å². The van der Waals surface area contributed by atoms with Crippen LogP contribution in [0.2, 0.25) is 0 Å². The number of nitrogens with zero attached hydrogens (tertiary/aromatic N) is 1. The molecule has 0 fully saturated rings. The molecule has 0 bridgehead atoms. The summed E-state index contributed by atoms with van der Waals surface area (Å²) in [5.74, 6) is -0.987. The molecule has 1 N–H and O–H groups in total. The van der Waals surface area contributed by atoms with Gasteiger partial charge < -0.3 is 10.0 Å². The largest absolute Gasteiger partial charge is 0.478 e. The molecule has 0 spiro atoms. The molecule has 0 aliphatic carbocycles. The number of amides is 1. The fraction of sp³-hybridized carbons (Fsp3) is 0.429. The van der Waals surface area contributed by atoms with Crippen molar-refractivity contribution in [1.29, 1.82) is 0 Å². The van der Waals surface area contributed by atoms with Gasteiger partial charge in [-0.05, 0) is 32.4 Å². The van der Waals surface area contributed by atoms with Gasteiger partial charge in [-0.2, -0.15) is 0 Å². The lowest BCUT2D eigenvalue weighted by atomic mass is 10.2. The molecule has 1 aromatic heterocycles. The predicted molar refractivity (Wildman–Crippen MR) is 77.5 cm³/mol. The van der Waals surface area contributed by atoms with E-state index in [0.29, 0.717) is 12.1 Å². The third-order valence-electron chi connectivity index (χ3n) is 2.98. The van der Waals surface area contributed by atoms with Crippen molar-refractivity contribution < 1.29 is 14.7 Å². The zero-order valence-corrected chi connectivity index (χ0v) is 12.2. The standard InChI is InChI=1S/C14H19NO3S/c1-4-10(3)15(5-2)14(18)11-8-12(19-9-11)6-7-13(16)17/h6-10H,4-5H2,1-3H3,(H,16,17). The van der Waals surface area contributed by atoms with Crippen LogP contribution in [-0.2, 0) is 4.79 Å². The second-order valence-corrected chi connectivity index (χ2v) is 5.20. The molecule has 1 aromatic rings. The number of aliphatic carboxylic acids is 1. The number of carboxylic acid groups (broad SMARTS) is 1. The van der Waals surface area contributed by atoms with Gasteiger partial charge in [-0.3, -0.25) is 4.79 Å². The minimum atomic E-state index is -0.990. The maximum atomic E-state index is 12.3. The Balaban J connectivity index is 2.85. The van der Waals surface area contributed by atoms with E-state index in [2.05, 4.69) is 6.92 Å². The summed E-state index contributed by atoms with van der Waals surface area (Å²) < 4.78 is 0. The average Bonchev–Trinajstić information content (AvgIpc) is 2.85. The molecule has 19 heavy (non-hydrogen) atoms. The van der Waals surface area contributed by atoms with Crippen LogP contribution >= 0.6 is 11.3 Å². The normalized spacial score (nSPS) is 12.6. The number of hydrogen-bond donors (Lipinski definition) is 1. The summed E-state index contributed by atoms with van der Waals surface area (Å²) in [5, 5.41) is 10.3. The van der Waals surface area contributed by atoms with Crippen molar-refractivity contribution in [3.8, 4) is 0 Å². The van der Waals surface area contributed by atoms with Crippen molar-refractivity contribution in [1.82, 2.24) is 4.90 Å². The van der Waals surface area contributed by atoms with Crippen molar-refractivity contribution in [2.45, 2.75) is 33.2 Å². The van der Waals surface area contributed by atoms with E-state index in [1.54, 1.807) is 11.4 Å². The predicted octanol–water partition coefficient (Wildman–Crippen LogP) is 3.11. The summed E-state index contributed by atoms with van der Waals surface area (Å²) in [6.07, 6.45) is 3.49. The van der Waals surface area contributed by atoms with Gasteiger partial charge >= 0.3 is 5.97 Å². The molecule has 1 atom stereocenters. The molecule has 0 radical (unpaired) electrons. The van der Waals surface area contributed by atoms with Crippen LogP contribution in [0.5, 0.6) is 0 Å². The summed E-state index contributed by atoms with van der Waals surface area (Å²) in [6.45, 7) is 6.71. The van der Waals surface area contributed by atoms with Gasteiger partial charge in [-0.1, -0.05) is 6.92 Å². The van der Waals surface area contributed by atoms with Crippen LogP contribution in [0.1, 0.15) is 42.4 Å². The van der Waals surface area contributed by atoms with E-state index in [4.69, 9.17) is 5.11 Å². The average molecular weight is 281 g/mol. The van der Waals surface area contributed by atoms with Crippen LogP contribution in [0.15, 0.2) is 17.5 Å². The molecule has 0 aromatic carbocycles.